The molecule has 7 heteroatoms. The number of carboxylic acids is 1. The molecule has 2 N–H and O–H groups in total. The summed E-state index contributed by atoms with van der Waals surface area (Å²) < 4.78 is 5.04. The van der Waals surface area contributed by atoms with Gasteiger partial charge in [0, 0.05) is 26.1 Å². The molecule has 0 bridgehead atoms. The molecule has 7 nitrogen and oxygen atoms in total. The Morgan fingerprint density at radius 2 is 2.00 bits per heavy atom. The minimum Gasteiger partial charge on any atom is -0.480 e. The van der Waals surface area contributed by atoms with Gasteiger partial charge in [0.15, 0.2) is 0 Å². The summed E-state index contributed by atoms with van der Waals surface area (Å²) in [6.45, 7) is 8.46. The molecule has 24 heavy (non-hydrogen) atoms. The summed E-state index contributed by atoms with van der Waals surface area (Å²) in [6.07, 6.45) is 2.11. The molecule has 0 aromatic rings. The largest absolute Gasteiger partial charge is 0.480 e. The maximum atomic E-state index is 12.0. The summed E-state index contributed by atoms with van der Waals surface area (Å²) in [6, 6.07) is -0.721. The molecule has 0 aliphatic carbocycles. The summed E-state index contributed by atoms with van der Waals surface area (Å²) in [5.41, 5.74) is 0. The van der Waals surface area contributed by atoms with E-state index in [9.17, 15) is 19.5 Å². The average molecular weight is 342 g/mol. The third-order valence-corrected chi connectivity index (χ3v) is 4.57. The highest BCUT2D eigenvalue weighted by Gasteiger charge is 2.41. The number of rotatable bonds is 9. The van der Waals surface area contributed by atoms with E-state index < -0.39 is 17.9 Å². The van der Waals surface area contributed by atoms with Crippen LogP contribution in [0.2, 0.25) is 0 Å². The molecule has 0 radical (unpaired) electrons. The molecule has 0 saturated carbocycles. The first-order chi connectivity index (χ1) is 11.3. The van der Waals surface area contributed by atoms with E-state index in [0.29, 0.717) is 19.7 Å². The average Bonchev–Trinajstić information content (AvgIpc) is 2.90. The van der Waals surface area contributed by atoms with Gasteiger partial charge < -0.3 is 15.2 Å². The Hall–Kier alpha value is -1.63. The first-order valence-corrected chi connectivity index (χ1v) is 8.70. The fourth-order valence-corrected chi connectivity index (χ4v) is 3.40. The molecule has 1 rings (SSSR count). The summed E-state index contributed by atoms with van der Waals surface area (Å²) in [7, 11) is 0. The molecule has 4 atom stereocenters. The van der Waals surface area contributed by atoms with Crippen LogP contribution in [0.5, 0.6) is 0 Å². The molecule has 1 amide bonds. The fourth-order valence-electron chi connectivity index (χ4n) is 3.40. The highest BCUT2D eigenvalue weighted by atomic mass is 16.5. The van der Waals surface area contributed by atoms with Crippen molar-refractivity contribution in [2.45, 2.75) is 59.0 Å². The van der Waals surface area contributed by atoms with Gasteiger partial charge >= 0.3 is 11.9 Å². The predicted octanol–water partition coefficient (Wildman–Crippen LogP) is 1.27. The zero-order valence-electron chi connectivity index (χ0n) is 15.1. The number of carbonyl (C=O) groups excluding carboxylic acids is 2. The second-order valence-corrected chi connectivity index (χ2v) is 6.53. The molecule has 0 aromatic carbocycles. The minimum absolute atomic E-state index is 0.0430. The fraction of sp³-hybridized carbons (Fsp3) is 0.824. The van der Waals surface area contributed by atoms with Crippen molar-refractivity contribution in [3.05, 3.63) is 0 Å². The minimum atomic E-state index is -0.913. The number of likely N-dealkylation sites (tertiary alicyclic amines) is 1. The molecule has 1 fully saturated rings. The van der Waals surface area contributed by atoms with Crippen molar-refractivity contribution in [2.75, 3.05) is 19.7 Å². The van der Waals surface area contributed by atoms with Gasteiger partial charge in [0.25, 0.3) is 0 Å². The van der Waals surface area contributed by atoms with Crippen LogP contribution in [0.4, 0.5) is 0 Å². The highest BCUT2D eigenvalue weighted by molar-refractivity contribution is 5.78. The molecular weight excluding hydrogens is 312 g/mol. The molecule has 1 heterocycles. The van der Waals surface area contributed by atoms with Crippen molar-refractivity contribution >= 4 is 17.8 Å². The number of esters is 1. The quantitative estimate of drug-likeness (QED) is 0.613. The lowest BCUT2D eigenvalue weighted by Crippen LogP contribution is -2.45. The Morgan fingerprint density at radius 1 is 1.33 bits per heavy atom. The van der Waals surface area contributed by atoms with E-state index in [4.69, 9.17) is 4.74 Å². The Kier molecular flexibility index (Phi) is 8.18. The third kappa shape index (κ3) is 5.78. The van der Waals surface area contributed by atoms with Crippen molar-refractivity contribution in [1.82, 2.24) is 10.2 Å². The van der Waals surface area contributed by atoms with E-state index in [-0.39, 0.29) is 30.3 Å². The van der Waals surface area contributed by atoms with Crippen LogP contribution in [0.1, 0.15) is 47.0 Å². The van der Waals surface area contributed by atoms with Crippen molar-refractivity contribution in [1.29, 1.82) is 0 Å². The van der Waals surface area contributed by atoms with Crippen LogP contribution in [0.25, 0.3) is 0 Å². The van der Waals surface area contributed by atoms with Gasteiger partial charge in [-0.2, -0.15) is 0 Å². The van der Waals surface area contributed by atoms with Crippen LogP contribution < -0.4 is 5.32 Å². The second kappa shape index (κ2) is 9.61. The van der Waals surface area contributed by atoms with E-state index in [0.717, 1.165) is 12.8 Å². The van der Waals surface area contributed by atoms with Gasteiger partial charge in [0.1, 0.15) is 6.04 Å². The summed E-state index contributed by atoms with van der Waals surface area (Å²) in [5, 5.41) is 12.4. The maximum Gasteiger partial charge on any atom is 0.320 e. The van der Waals surface area contributed by atoms with Crippen LogP contribution in [0.3, 0.4) is 0 Å². The Balaban J connectivity index is 2.80. The molecule has 0 aromatic heterocycles. The normalized spacial score (nSPS) is 23.5. The maximum absolute atomic E-state index is 12.0. The number of hydrogen-bond donors (Lipinski definition) is 2. The standard InChI is InChI=1S/C17H30N2O5/c1-5-7-13(11(3)18-12(4)20)9-19-10-14(17(23)24-6-2)8-15(19)16(21)22/h11,13-15H,5-10H2,1-4H3,(H,18,20)(H,21,22)/t11?,13?,14-,15-/m1/s1. The van der Waals surface area contributed by atoms with Gasteiger partial charge in [-0.05, 0) is 32.6 Å². The summed E-state index contributed by atoms with van der Waals surface area (Å²) >= 11 is 0. The second-order valence-electron chi connectivity index (χ2n) is 6.53. The first kappa shape index (κ1) is 20.4. The number of carboxylic acid groups (broad SMARTS) is 1. The van der Waals surface area contributed by atoms with Gasteiger partial charge in [0.2, 0.25) is 5.91 Å². The van der Waals surface area contributed by atoms with Crippen molar-refractivity contribution in [3.8, 4) is 0 Å². The lowest BCUT2D eigenvalue weighted by Gasteiger charge is -2.30. The first-order valence-electron chi connectivity index (χ1n) is 8.70. The summed E-state index contributed by atoms with van der Waals surface area (Å²) in [4.78, 5) is 36.7. The predicted molar refractivity (Wildman–Crippen MR) is 89.4 cm³/mol. The lowest BCUT2D eigenvalue weighted by atomic mass is 9.95. The van der Waals surface area contributed by atoms with Crippen molar-refractivity contribution in [3.63, 3.8) is 0 Å². The smallest absolute Gasteiger partial charge is 0.320 e. The number of nitrogens with one attached hydrogen (secondary N) is 1. The van der Waals surface area contributed by atoms with Gasteiger partial charge in [-0.15, -0.1) is 0 Å². The number of hydrogen-bond acceptors (Lipinski definition) is 5. The highest BCUT2D eigenvalue weighted by Crippen LogP contribution is 2.27. The van der Waals surface area contributed by atoms with Gasteiger partial charge in [-0.25, -0.2) is 0 Å². The van der Waals surface area contributed by atoms with E-state index >= 15 is 0 Å². The van der Waals surface area contributed by atoms with E-state index in [1.807, 2.05) is 11.8 Å². The molecule has 2 unspecified atom stereocenters. The van der Waals surface area contributed by atoms with Gasteiger partial charge in [-0.3, -0.25) is 19.3 Å². The molecule has 1 saturated heterocycles. The van der Waals surface area contributed by atoms with E-state index in [1.165, 1.54) is 6.92 Å². The van der Waals surface area contributed by atoms with Crippen LogP contribution in [0, 0.1) is 11.8 Å². The molecule has 0 spiro atoms. The molecule has 1 aliphatic heterocycles. The van der Waals surface area contributed by atoms with Crippen molar-refractivity contribution < 1.29 is 24.2 Å². The lowest BCUT2D eigenvalue weighted by molar-refractivity contribution is -0.147. The van der Waals surface area contributed by atoms with E-state index in [1.54, 1.807) is 6.92 Å². The molecular formula is C17H30N2O5. The zero-order chi connectivity index (χ0) is 18.3. The monoisotopic (exact) mass is 342 g/mol. The van der Waals surface area contributed by atoms with Crippen LogP contribution in [-0.2, 0) is 19.1 Å². The van der Waals surface area contributed by atoms with Crippen LogP contribution in [0.15, 0.2) is 0 Å². The van der Waals surface area contributed by atoms with Gasteiger partial charge in [-0.1, -0.05) is 13.3 Å². The topological polar surface area (TPSA) is 95.9 Å². The number of amides is 1. The number of ether oxygens (including phenoxy) is 1. The zero-order valence-corrected chi connectivity index (χ0v) is 15.1. The van der Waals surface area contributed by atoms with Crippen LogP contribution >= 0.6 is 0 Å². The van der Waals surface area contributed by atoms with Crippen molar-refractivity contribution in [2.24, 2.45) is 11.8 Å². The number of aliphatic carboxylic acids is 1. The Morgan fingerprint density at radius 3 is 2.50 bits per heavy atom. The number of carbonyl (C=O) groups is 3. The molecule has 1 aliphatic rings. The van der Waals surface area contributed by atoms with E-state index in [2.05, 4.69) is 12.2 Å². The number of nitrogens with zero attached hydrogens (tertiary/aromatic N) is 1. The third-order valence-electron chi connectivity index (χ3n) is 4.57. The van der Waals surface area contributed by atoms with Gasteiger partial charge in [0.05, 0.1) is 12.5 Å². The molecule has 138 valence electrons. The SMILES string of the molecule is CCCC(CN1C[C@H](C(=O)OCC)C[C@@H]1C(=O)O)C(C)NC(C)=O. The van der Waals surface area contributed by atoms with Crippen LogP contribution in [-0.4, -0.2) is 59.6 Å². The Labute approximate surface area is 143 Å². The summed E-state index contributed by atoms with van der Waals surface area (Å²) in [5.74, 6) is -1.59. The Bertz CT molecular complexity index is 454.